The Morgan fingerprint density at radius 1 is 0.910 bits per heavy atom. The second kappa shape index (κ2) is 18.5. The molecule has 3 N–H and O–H groups in total. The van der Waals surface area contributed by atoms with Crippen LogP contribution in [0.25, 0.3) is 22.2 Å². The molecule has 4 aliphatic heterocycles. The summed E-state index contributed by atoms with van der Waals surface area (Å²) in [5, 5.41) is 2.67. The molecule has 0 saturated carbocycles. The number of aromatic amines is 1. The zero-order valence-corrected chi connectivity index (χ0v) is 37.9. The standard InChI is InChI=1S/C47H50F2N10O7S/c1-3-55(2)67(65,66)54-36-10-9-35(48)42(43(36)49)44(62)33-26-52-45-32(33)23-30(25-51-45)29-8-12-39(50-24-29)57-19-21-58(22-20-57)41(61)14-7-28-15-17-56(18-16-28)37-6-4-5-31-34(37)27-59(47(31)64)38-11-13-40(60)53-46(38)63/h4-6,8-10,12,23-26,28,38,54H,3,7,11,13-22,27H2,1-2H3,(H,51,52)(H,53,60,63). The number of nitrogens with one attached hydrogen (secondary N) is 3. The number of anilines is 3. The van der Waals surface area contributed by atoms with Crippen LogP contribution in [0.4, 0.5) is 26.0 Å². The van der Waals surface area contributed by atoms with Crippen molar-refractivity contribution in [1.82, 2.24) is 34.4 Å². The number of halogens is 2. The predicted octanol–water partition coefficient (Wildman–Crippen LogP) is 4.85. The SMILES string of the molecule is CCN(C)S(=O)(=O)Nc1ccc(F)c(C(=O)c2c[nH]c3ncc(-c4ccc(N5CCN(C(=O)CCC6CCN(c7cccc8c7CN(C7CCC(=O)NC7=O)C8=O)CC6)CC5)nc4)cc23)c1F. The number of H-pyrrole nitrogens is 1. The first-order valence-corrected chi connectivity index (χ1v) is 23.9. The molecule has 0 spiro atoms. The van der Waals surface area contributed by atoms with Gasteiger partial charge in [-0.3, -0.25) is 34.0 Å². The van der Waals surface area contributed by atoms with E-state index in [4.69, 9.17) is 4.98 Å². The van der Waals surface area contributed by atoms with E-state index in [0.717, 1.165) is 65.9 Å². The molecule has 67 heavy (non-hydrogen) atoms. The highest BCUT2D eigenvalue weighted by Crippen LogP contribution is 2.37. The number of imide groups is 1. The Morgan fingerprint density at radius 3 is 2.39 bits per heavy atom. The van der Waals surface area contributed by atoms with E-state index in [0.29, 0.717) is 79.2 Å². The number of carbonyl (C=O) groups is 5. The van der Waals surface area contributed by atoms with E-state index in [1.54, 1.807) is 36.4 Å². The molecule has 3 fully saturated rings. The molecule has 1 unspecified atom stereocenters. The summed E-state index contributed by atoms with van der Waals surface area (Å²) >= 11 is 0. The minimum atomic E-state index is -4.15. The van der Waals surface area contributed by atoms with Crippen LogP contribution in [0.15, 0.2) is 67.1 Å². The molecule has 4 amide bonds. The number of aromatic nitrogens is 3. The summed E-state index contributed by atoms with van der Waals surface area (Å²) in [6.07, 6.45) is 8.22. The number of pyridine rings is 2. The lowest BCUT2D eigenvalue weighted by atomic mass is 9.91. The van der Waals surface area contributed by atoms with Crippen molar-refractivity contribution in [2.24, 2.45) is 5.92 Å². The number of piperazine rings is 1. The van der Waals surface area contributed by atoms with E-state index in [2.05, 4.69) is 29.8 Å². The van der Waals surface area contributed by atoms with Crippen LogP contribution < -0.4 is 19.8 Å². The van der Waals surface area contributed by atoms with Crippen LogP contribution in [0.5, 0.6) is 0 Å². The minimum absolute atomic E-state index is 0.0523. The van der Waals surface area contributed by atoms with Crippen LogP contribution in [0, 0.1) is 17.6 Å². The largest absolute Gasteiger partial charge is 0.371 e. The van der Waals surface area contributed by atoms with Crippen molar-refractivity contribution in [3.8, 4) is 11.1 Å². The molecule has 0 aliphatic carbocycles. The van der Waals surface area contributed by atoms with E-state index >= 15 is 8.78 Å². The minimum Gasteiger partial charge on any atom is -0.371 e. The number of ketones is 1. The molecule has 9 rings (SSSR count). The van der Waals surface area contributed by atoms with Gasteiger partial charge in [0, 0.05) is 130 Å². The second-order valence-corrected chi connectivity index (χ2v) is 19.2. The Kier molecular flexibility index (Phi) is 12.5. The van der Waals surface area contributed by atoms with Gasteiger partial charge >= 0.3 is 10.2 Å². The van der Waals surface area contributed by atoms with E-state index in [1.165, 1.54) is 13.2 Å². The van der Waals surface area contributed by atoms with E-state index < -0.39 is 50.8 Å². The Bertz CT molecular complexity index is 2900. The molecule has 4 aliphatic rings. The fourth-order valence-corrected chi connectivity index (χ4v) is 10.4. The van der Waals surface area contributed by atoms with Crippen molar-refractivity contribution in [3.63, 3.8) is 0 Å². The molecule has 350 valence electrons. The maximum absolute atomic E-state index is 15.6. The summed E-state index contributed by atoms with van der Waals surface area (Å²) < 4.78 is 58.8. The molecular weight excluding hydrogens is 887 g/mol. The normalized spacial score (nSPS) is 18.2. The molecule has 2 aromatic carbocycles. The highest BCUT2D eigenvalue weighted by Gasteiger charge is 2.41. The van der Waals surface area contributed by atoms with Crippen molar-refractivity contribution >= 4 is 67.8 Å². The van der Waals surface area contributed by atoms with Gasteiger partial charge in [0.1, 0.15) is 23.3 Å². The summed E-state index contributed by atoms with van der Waals surface area (Å²) in [5.74, 6) is -3.14. The molecule has 0 radical (unpaired) electrons. The van der Waals surface area contributed by atoms with Gasteiger partial charge in [-0.1, -0.05) is 13.0 Å². The van der Waals surface area contributed by atoms with Crippen LogP contribution >= 0.6 is 0 Å². The van der Waals surface area contributed by atoms with E-state index in [1.807, 2.05) is 29.2 Å². The predicted molar refractivity (Wildman–Crippen MR) is 245 cm³/mol. The summed E-state index contributed by atoms with van der Waals surface area (Å²) in [6.45, 7) is 5.96. The van der Waals surface area contributed by atoms with Crippen molar-refractivity contribution in [2.45, 2.75) is 58.0 Å². The lowest BCUT2D eigenvalue weighted by Gasteiger charge is -2.37. The fourth-order valence-electron chi connectivity index (χ4n) is 9.45. The Labute approximate surface area is 385 Å². The summed E-state index contributed by atoms with van der Waals surface area (Å²) in [7, 11) is -2.86. The molecule has 3 saturated heterocycles. The molecule has 17 nitrogen and oxygen atoms in total. The molecule has 1 atom stereocenters. The van der Waals surface area contributed by atoms with Crippen molar-refractivity contribution < 1.29 is 41.2 Å². The Morgan fingerprint density at radius 2 is 1.67 bits per heavy atom. The quantitative estimate of drug-likeness (QED) is 0.108. The number of hydrogen-bond acceptors (Lipinski definition) is 11. The first-order chi connectivity index (χ1) is 32.2. The second-order valence-electron chi connectivity index (χ2n) is 17.4. The number of rotatable bonds is 13. The van der Waals surface area contributed by atoms with E-state index in [-0.39, 0.29) is 36.3 Å². The van der Waals surface area contributed by atoms with Crippen LogP contribution in [0.1, 0.15) is 77.3 Å². The number of piperidine rings is 2. The van der Waals surface area contributed by atoms with Gasteiger partial charge in [0.25, 0.3) is 5.91 Å². The van der Waals surface area contributed by atoms with Gasteiger partial charge in [0.05, 0.1) is 11.3 Å². The van der Waals surface area contributed by atoms with Gasteiger partial charge in [-0.15, -0.1) is 0 Å². The highest BCUT2D eigenvalue weighted by atomic mass is 32.2. The van der Waals surface area contributed by atoms with Crippen molar-refractivity contribution in [1.29, 1.82) is 0 Å². The average Bonchev–Trinajstić information content (AvgIpc) is 3.92. The Hall–Kier alpha value is -6.80. The molecule has 20 heteroatoms. The fraction of sp³-hybridized carbons (Fsp3) is 0.383. The topological polar surface area (TPSA) is 201 Å². The van der Waals surface area contributed by atoms with Gasteiger partial charge in [-0.2, -0.15) is 12.7 Å². The molecule has 3 aromatic heterocycles. The Balaban J connectivity index is 0.767. The van der Waals surface area contributed by atoms with Gasteiger partial charge in [0.2, 0.25) is 23.5 Å². The van der Waals surface area contributed by atoms with Crippen LogP contribution in [-0.2, 0) is 31.1 Å². The molecular formula is C47H50F2N10O7S. The number of amides is 4. The van der Waals surface area contributed by atoms with Crippen LogP contribution in [-0.4, -0.2) is 126 Å². The summed E-state index contributed by atoms with van der Waals surface area (Å²) in [6, 6.07) is 12.2. The summed E-state index contributed by atoms with van der Waals surface area (Å²) in [4.78, 5) is 84.6. The van der Waals surface area contributed by atoms with Crippen LogP contribution in [0.3, 0.4) is 0 Å². The third kappa shape index (κ3) is 8.94. The third-order valence-electron chi connectivity index (χ3n) is 13.5. The van der Waals surface area contributed by atoms with Gasteiger partial charge in [-0.05, 0) is 74.1 Å². The lowest BCUT2D eigenvalue weighted by molar-refractivity contribution is -0.137. The number of carbonyl (C=O) groups excluding carboxylic acids is 5. The number of fused-ring (bicyclic) bond motifs is 2. The number of nitrogens with zero attached hydrogens (tertiary/aromatic N) is 7. The smallest absolute Gasteiger partial charge is 0.301 e. The van der Waals surface area contributed by atoms with Crippen molar-refractivity contribution in [2.75, 3.05) is 67.4 Å². The number of hydrogen-bond donors (Lipinski definition) is 3. The lowest BCUT2D eigenvalue weighted by Crippen LogP contribution is -2.52. The zero-order valence-electron chi connectivity index (χ0n) is 37.1. The van der Waals surface area contributed by atoms with Crippen molar-refractivity contribution in [3.05, 3.63) is 101 Å². The van der Waals surface area contributed by atoms with Crippen LogP contribution in [0.2, 0.25) is 0 Å². The third-order valence-corrected chi connectivity index (χ3v) is 15.1. The molecule has 5 aromatic rings. The van der Waals surface area contributed by atoms with Gasteiger partial charge in [0.15, 0.2) is 5.82 Å². The average molecular weight is 937 g/mol. The molecule has 0 bridgehead atoms. The zero-order chi connectivity index (χ0) is 47.1. The summed E-state index contributed by atoms with van der Waals surface area (Å²) in [5.41, 5.74) is 2.59. The first-order valence-electron chi connectivity index (χ1n) is 22.4. The number of benzene rings is 2. The first kappa shape index (κ1) is 45.4. The maximum atomic E-state index is 15.6. The maximum Gasteiger partial charge on any atom is 0.301 e. The highest BCUT2D eigenvalue weighted by molar-refractivity contribution is 7.90. The monoisotopic (exact) mass is 936 g/mol. The van der Waals surface area contributed by atoms with E-state index in [9.17, 15) is 32.4 Å². The van der Waals surface area contributed by atoms with Gasteiger partial charge in [-0.25, -0.2) is 18.7 Å². The van der Waals surface area contributed by atoms with Gasteiger partial charge < -0.3 is 24.6 Å². The molecule has 7 heterocycles.